The van der Waals surface area contributed by atoms with Crippen LogP contribution in [0, 0.1) is 0 Å². The number of methoxy groups -OCH3 is 1. The number of benzene rings is 2. The number of fused-ring (bicyclic) bond motifs is 1. The predicted molar refractivity (Wildman–Crippen MR) is 81.4 cm³/mol. The lowest BCUT2D eigenvalue weighted by molar-refractivity contribution is 0.0601. The number of aromatic nitrogens is 1. The summed E-state index contributed by atoms with van der Waals surface area (Å²) in [5.41, 5.74) is 2.21. The molecule has 0 spiro atoms. The highest BCUT2D eigenvalue weighted by Crippen LogP contribution is 2.32. The zero-order valence-corrected chi connectivity index (χ0v) is 12.2. The third-order valence-corrected chi connectivity index (χ3v) is 4.31. The number of hydrogen-bond donors (Lipinski definition) is 0. The molecule has 2 aromatic carbocycles. The molecule has 0 aliphatic heterocycles. The molecule has 5 heteroatoms. The number of para-hydroxylation sites is 1. The molecule has 0 unspecified atom stereocenters. The Hall–Kier alpha value is -1.91. The first-order valence-corrected chi connectivity index (χ1v) is 7.12. The number of hydrogen-bond acceptors (Lipinski definition) is 4. The Bertz CT molecular complexity index is 764. The fraction of sp³-hybridized carbons (Fsp3) is 0.0667. The summed E-state index contributed by atoms with van der Waals surface area (Å²) in [6.07, 6.45) is 0. The van der Waals surface area contributed by atoms with Crippen LogP contribution in [0.4, 0.5) is 0 Å². The Morgan fingerprint density at radius 1 is 1.25 bits per heavy atom. The predicted octanol–water partition coefficient (Wildman–Crippen LogP) is 4.40. The van der Waals surface area contributed by atoms with Gasteiger partial charge in [-0.3, -0.25) is 0 Å². The van der Waals surface area contributed by atoms with E-state index in [1.807, 2.05) is 30.3 Å². The minimum Gasteiger partial charge on any atom is -0.465 e. The van der Waals surface area contributed by atoms with Crippen molar-refractivity contribution in [2.45, 2.75) is 0 Å². The molecule has 0 bridgehead atoms. The molecule has 0 saturated carbocycles. The van der Waals surface area contributed by atoms with E-state index in [2.05, 4.69) is 9.72 Å². The van der Waals surface area contributed by atoms with Crippen LogP contribution in [0.25, 0.3) is 20.8 Å². The SMILES string of the molecule is COC(=O)c1ccc(-c2nc3ccccc3s2)cc1Cl. The largest absolute Gasteiger partial charge is 0.465 e. The molecular weight excluding hydrogens is 294 g/mol. The molecule has 3 aromatic rings. The van der Waals surface area contributed by atoms with Gasteiger partial charge in [0.25, 0.3) is 0 Å². The molecule has 0 radical (unpaired) electrons. The summed E-state index contributed by atoms with van der Waals surface area (Å²) in [6.45, 7) is 0. The van der Waals surface area contributed by atoms with E-state index >= 15 is 0 Å². The van der Waals surface area contributed by atoms with E-state index < -0.39 is 5.97 Å². The zero-order valence-electron chi connectivity index (χ0n) is 10.6. The second kappa shape index (κ2) is 5.23. The van der Waals surface area contributed by atoms with Crippen molar-refractivity contribution in [3.05, 3.63) is 53.1 Å². The molecule has 1 heterocycles. The van der Waals surface area contributed by atoms with Crippen LogP contribution in [0.5, 0.6) is 0 Å². The number of rotatable bonds is 2. The summed E-state index contributed by atoms with van der Waals surface area (Å²) < 4.78 is 5.80. The first-order valence-electron chi connectivity index (χ1n) is 5.93. The monoisotopic (exact) mass is 303 g/mol. The lowest BCUT2D eigenvalue weighted by atomic mass is 10.1. The molecule has 0 aliphatic rings. The molecule has 0 saturated heterocycles. The molecule has 3 rings (SSSR count). The lowest BCUT2D eigenvalue weighted by Crippen LogP contribution is -2.01. The molecule has 0 atom stereocenters. The van der Waals surface area contributed by atoms with Crippen molar-refractivity contribution in [3.63, 3.8) is 0 Å². The number of thiazole rings is 1. The van der Waals surface area contributed by atoms with Crippen LogP contribution in [0.15, 0.2) is 42.5 Å². The number of esters is 1. The maximum absolute atomic E-state index is 11.5. The van der Waals surface area contributed by atoms with Gasteiger partial charge in [0.05, 0.1) is 27.9 Å². The van der Waals surface area contributed by atoms with E-state index in [9.17, 15) is 4.79 Å². The van der Waals surface area contributed by atoms with Crippen molar-refractivity contribution in [2.75, 3.05) is 7.11 Å². The summed E-state index contributed by atoms with van der Waals surface area (Å²) in [5, 5.41) is 1.25. The van der Waals surface area contributed by atoms with E-state index in [1.165, 1.54) is 7.11 Å². The van der Waals surface area contributed by atoms with Gasteiger partial charge in [-0.1, -0.05) is 29.8 Å². The standard InChI is InChI=1S/C15H10ClNO2S/c1-19-15(18)10-7-6-9(8-11(10)16)14-17-12-4-2-3-5-13(12)20-14/h2-8H,1H3. The average molecular weight is 304 g/mol. The molecule has 3 nitrogen and oxygen atoms in total. The lowest BCUT2D eigenvalue weighted by Gasteiger charge is -2.03. The molecule has 20 heavy (non-hydrogen) atoms. The third kappa shape index (κ3) is 2.28. The van der Waals surface area contributed by atoms with Gasteiger partial charge < -0.3 is 4.74 Å². The van der Waals surface area contributed by atoms with Crippen molar-refractivity contribution in [1.29, 1.82) is 0 Å². The number of carbonyl (C=O) groups excluding carboxylic acids is 1. The van der Waals surface area contributed by atoms with Crippen molar-refractivity contribution in [1.82, 2.24) is 4.98 Å². The van der Waals surface area contributed by atoms with Crippen LogP contribution in [0.1, 0.15) is 10.4 Å². The van der Waals surface area contributed by atoms with Crippen LogP contribution >= 0.6 is 22.9 Å². The molecule has 0 aliphatic carbocycles. The van der Waals surface area contributed by atoms with Crippen LogP contribution in [-0.2, 0) is 4.74 Å². The van der Waals surface area contributed by atoms with E-state index in [0.29, 0.717) is 10.6 Å². The average Bonchev–Trinajstić information content (AvgIpc) is 2.90. The van der Waals surface area contributed by atoms with Gasteiger partial charge in [-0.05, 0) is 24.3 Å². The first kappa shape index (κ1) is 13.1. The third-order valence-electron chi connectivity index (χ3n) is 2.92. The Balaban J connectivity index is 2.06. The fourth-order valence-corrected chi connectivity index (χ4v) is 3.14. The summed E-state index contributed by atoms with van der Waals surface area (Å²) >= 11 is 7.72. The normalized spacial score (nSPS) is 10.7. The fourth-order valence-electron chi connectivity index (χ4n) is 1.92. The quantitative estimate of drug-likeness (QED) is 0.659. The molecule has 0 N–H and O–H groups in total. The molecule has 1 aromatic heterocycles. The highest BCUT2D eigenvalue weighted by molar-refractivity contribution is 7.21. The van der Waals surface area contributed by atoms with E-state index in [1.54, 1.807) is 23.5 Å². The summed E-state index contributed by atoms with van der Waals surface area (Å²) in [5.74, 6) is -0.439. The Kier molecular flexibility index (Phi) is 3.42. The second-order valence-corrected chi connectivity index (χ2v) is 5.61. The highest BCUT2D eigenvalue weighted by Gasteiger charge is 2.13. The van der Waals surface area contributed by atoms with Gasteiger partial charge in [0.2, 0.25) is 0 Å². The van der Waals surface area contributed by atoms with E-state index in [-0.39, 0.29) is 0 Å². The van der Waals surface area contributed by atoms with Crippen LogP contribution in [0.3, 0.4) is 0 Å². The zero-order chi connectivity index (χ0) is 14.1. The maximum Gasteiger partial charge on any atom is 0.339 e. The summed E-state index contributed by atoms with van der Waals surface area (Å²) in [7, 11) is 1.33. The van der Waals surface area contributed by atoms with Gasteiger partial charge in [-0.25, -0.2) is 9.78 Å². The van der Waals surface area contributed by atoms with Crippen molar-refractivity contribution in [3.8, 4) is 10.6 Å². The minimum absolute atomic E-state index is 0.360. The van der Waals surface area contributed by atoms with Gasteiger partial charge in [0, 0.05) is 5.56 Å². The Morgan fingerprint density at radius 3 is 2.75 bits per heavy atom. The molecule has 0 amide bonds. The second-order valence-electron chi connectivity index (χ2n) is 4.17. The molecule has 100 valence electrons. The van der Waals surface area contributed by atoms with Gasteiger partial charge >= 0.3 is 5.97 Å². The summed E-state index contributed by atoms with van der Waals surface area (Å²) in [4.78, 5) is 16.1. The smallest absolute Gasteiger partial charge is 0.339 e. The highest BCUT2D eigenvalue weighted by atomic mass is 35.5. The molecular formula is C15H10ClNO2S. The maximum atomic E-state index is 11.5. The number of halogens is 1. The van der Waals surface area contributed by atoms with Crippen molar-refractivity contribution in [2.24, 2.45) is 0 Å². The van der Waals surface area contributed by atoms with E-state index in [4.69, 9.17) is 11.6 Å². The topological polar surface area (TPSA) is 39.2 Å². The van der Waals surface area contributed by atoms with Gasteiger partial charge in [-0.2, -0.15) is 0 Å². The summed E-state index contributed by atoms with van der Waals surface area (Å²) in [6, 6.07) is 13.2. The van der Waals surface area contributed by atoms with Gasteiger partial charge in [-0.15, -0.1) is 11.3 Å². The Morgan fingerprint density at radius 2 is 2.05 bits per heavy atom. The van der Waals surface area contributed by atoms with Gasteiger partial charge in [0.15, 0.2) is 0 Å². The van der Waals surface area contributed by atoms with Crippen molar-refractivity contribution >= 4 is 39.1 Å². The first-order chi connectivity index (χ1) is 9.69. The van der Waals surface area contributed by atoms with Crippen LogP contribution in [0.2, 0.25) is 5.02 Å². The Labute approximate surface area is 124 Å². The van der Waals surface area contributed by atoms with E-state index in [0.717, 1.165) is 20.8 Å². The minimum atomic E-state index is -0.439. The van der Waals surface area contributed by atoms with Crippen LogP contribution < -0.4 is 0 Å². The number of nitrogens with zero attached hydrogens (tertiary/aromatic N) is 1. The van der Waals surface area contributed by atoms with Crippen molar-refractivity contribution < 1.29 is 9.53 Å². The number of carbonyl (C=O) groups is 1. The van der Waals surface area contributed by atoms with Gasteiger partial charge in [0.1, 0.15) is 5.01 Å². The number of ether oxygens (including phenoxy) is 1. The van der Waals surface area contributed by atoms with Crippen LogP contribution in [-0.4, -0.2) is 18.1 Å². The molecule has 0 fully saturated rings.